The van der Waals surface area contributed by atoms with Crippen molar-refractivity contribution in [3.05, 3.63) is 64.6 Å². The van der Waals surface area contributed by atoms with E-state index in [4.69, 9.17) is 4.42 Å². The quantitative estimate of drug-likeness (QED) is 0.739. The fraction of sp³-hybridized carbons (Fsp3) is 0.0667. The number of rotatable bonds is 3. The van der Waals surface area contributed by atoms with Crippen molar-refractivity contribution < 1.29 is 8.81 Å². The zero-order valence-corrected chi connectivity index (χ0v) is 11.6. The lowest BCUT2D eigenvalue weighted by Crippen LogP contribution is -2.00. The van der Waals surface area contributed by atoms with Crippen LogP contribution >= 0.6 is 15.9 Å². The molecule has 0 saturated carbocycles. The van der Waals surface area contributed by atoms with Crippen LogP contribution in [0.2, 0.25) is 0 Å². The van der Waals surface area contributed by atoms with Crippen molar-refractivity contribution in [1.82, 2.24) is 0 Å². The second kappa shape index (κ2) is 5.05. The van der Waals surface area contributed by atoms with Crippen molar-refractivity contribution in [2.45, 2.75) is 6.54 Å². The summed E-state index contributed by atoms with van der Waals surface area (Å²) in [7, 11) is 0. The summed E-state index contributed by atoms with van der Waals surface area (Å²) < 4.78 is 19.9. The molecule has 2 aromatic carbocycles. The molecule has 4 heteroatoms. The van der Waals surface area contributed by atoms with Gasteiger partial charge in [-0.25, -0.2) is 4.39 Å². The van der Waals surface area contributed by atoms with Crippen LogP contribution in [0.25, 0.3) is 11.0 Å². The van der Waals surface area contributed by atoms with E-state index in [1.165, 1.54) is 6.07 Å². The van der Waals surface area contributed by atoms with Crippen molar-refractivity contribution >= 4 is 32.6 Å². The van der Waals surface area contributed by atoms with E-state index in [9.17, 15) is 4.39 Å². The van der Waals surface area contributed by atoms with Gasteiger partial charge in [0.2, 0.25) is 0 Å². The summed E-state index contributed by atoms with van der Waals surface area (Å²) in [5, 5.41) is 4.13. The minimum absolute atomic E-state index is 0.268. The second-order valence-corrected chi connectivity index (χ2v) is 5.15. The van der Waals surface area contributed by atoms with Crippen LogP contribution < -0.4 is 5.32 Å². The molecule has 0 atom stereocenters. The highest BCUT2D eigenvalue weighted by Crippen LogP contribution is 2.24. The summed E-state index contributed by atoms with van der Waals surface area (Å²) in [4.78, 5) is 0. The number of furan rings is 1. The Morgan fingerprint density at radius 2 is 2.00 bits per heavy atom. The Bertz CT molecular complexity index is 723. The highest BCUT2D eigenvalue weighted by atomic mass is 79.9. The van der Waals surface area contributed by atoms with Gasteiger partial charge in [-0.2, -0.15) is 0 Å². The first-order chi connectivity index (χ1) is 9.24. The summed E-state index contributed by atoms with van der Waals surface area (Å²) in [6.45, 7) is 0.518. The highest BCUT2D eigenvalue weighted by molar-refractivity contribution is 9.10. The molecule has 0 radical (unpaired) electrons. The van der Waals surface area contributed by atoms with Gasteiger partial charge in [0.1, 0.15) is 11.4 Å². The SMILES string of the molecule is Fc1ccc(Br)cc1NCc1coc2ccccc12. The lowest BCUT2D eigenvalue weighted by molar-refractivity contribution is 0.610. The van der Waals surface area contributed by atoms with E-state index in [2.05, 4.69) is 21.2 Å². The summed E-state index contributed by atoms with van der Waals surface area (Å²) in [5.41, 5.74) is 2.32. The van der Waals surface area contributed by atoms with Crippen LogP contribution in [0.15, 0.2) is 57.6 Å². The van der Waals surface area contributed by atoms with Crippen LogP contribution in [0, 0.1) is 5.82 Å². The summed E-state index contributed by atoms with van der Waals surface area (Å²) >= 11 is 3.33. The van der Waals surface area contributed by atoms with Crippen LogP contribution in [0.1, 0.15) is 5.56 Å². The molecule has 96 valence electrons. The van der Waals surface area contributed by atoms with Gasteiger partial charge in [-0.15, -0.1) is 0 Å². The maximum Gasteiger partial charge on any atom is 0.146 e. The highest BCUT2D eigenvalue weighted by Gasteiger charge is 2.07. The van der Waals surface area contributed by atoms with Crippen molar-refractivity contribution in [3.8, 4) is 0 Å². The number of nitrogens with one attached hydrogen (secondary N) is 1. The number of hydrogen-bond acceptors (Lipinski definition) is 2. The topological polar surface area (TPSA) is 25.2 Å². The Balaban J connectivity index is 1.84. The van der Waals surface area contributed by atoms with E-state index in [1.54, 1.807) is 18.4 Å². The van der Waals surface area contributed by atoms with E-state index >= 15 is 0 Å². The molecule has 19 heavy (non-hydrogen) atoms. The molecule has 0 saturated heterocycles. The molecule has 0 unspecified atom stereocenters. The smallest absolute Gasteiger partial charge is 0.146 e. The van der Waals surface area contributed by atoms with Crippen LogP contribution in [0.5, 0.6) is 0 Å². The lowest BCUT2D eigenvalue weighted by Gasteiger charge is -2.07. The molecular weight excluding hydrogens is 309 g/mol. The summed E-state index contributed by atoms with van der Waals surface area (Å²) in [6.07, 6.45) is 1.70. The molecule has 1 N–H and O–H groups in total. The average molecular weight is 320 g/mol. The first-order valence-electron chi connectivity index (χ1n) is 5.88. The van der Waals surface area contributed by atoms with Gasteiger partial charge < -0.3 is 9.73 Å². The molecule has 1 aromatic heterocycles. The van der Waals surface area contributed by atoms with Gasteiger partial charge in [0.25, 0.3) is 0 Å². The van der Waals surface area contributed by atoms with Gasteiger partial charge in [0, 0.05) is 22.0 Å². The molecule has 0 bridgehead atoms. The van der Waals surface area contributed by atoms with Crippen LogP contribution in [-0.2, 0) is 6.54 Å². The first kappa shape index (κ1) is 12.2. The Labute approximate surface area is 118 Å². The third kappa shape index (κ3) is 2.49. The van der Waals surface area contributed by atoms with Gasteiger partial charge >= 0.3 is 0 Å². The molecule has 0 aliphatic carbocycles. The Morgan fingerprint density at radius 1 is 1.16 bits per heavy atom. The van der Waals surface area contributed by atoms with Gasteiger partial charge in [-0.1, -0.05) is 34.1 Å². The summed E-state index contributed by atoms with van der Waals surface area (Å²) in [5.74, 6) is -0.268. The first-order valence-corrected chi connectivity index (χ1v) is 6.67. The van der Waals surface area contributed by atoms with E-state index in [0.717, 1.165) is 21.0 Å². The zero-order valence-electron chi connectivity index (χ0n) is 9.99. The van der Waals surface area contributed by atoms with Gasteiger partial charge in [-0.3, -0.25) is 0 Å². The third-order valence-electron chi connectivity index (χ3n) is 2.96. The van der Waals surface area contributed by atoms with E-state index in [-0.39, 0.29) is 5.82 Å². The van der Waals surface area contributed by atoms with Crippen molar-refractivity contribution in [2.24, 2.45) is 0 Å². The number of hydrogen-bond donors (Lipinski definition) is 1. The molecular formula is C15H11BrFNO. The largest absolute Gasteiger partial charge is 0.464 e. The monoisotopic (exact) mass is 319 g/mol. The predicted octanol–water partition coefficient (Wildman–Crippen LogP) is 4.95. The van der Waals surface area contributed by atoms with Crippen molar-refractivity contribution in [1.29, 1.82) is 0 Å². The minimum Gasteiger partial charge on any atom is -0.464 e. The number of benzene rings is 2. The molecule has 0 spiro atoms. The van der Waals surface area contributed by atoms with Crippen LogP contribution in [-0.4, -0.2) is 0 Å². The third-order valence-corrected chi connectivity index (χ3v) is 3.45. The maximum atomic E-state index is 13.6. The minimum atomic E-state index is -0.268. The molecule has 1 heterocycles. The molecule has 3 aromatic rings. The molecule has 3 rings (SSSR count). The van der Waals surface area contributed by atoms with E-state index < -0.39 is 0 Å². The van der Waals surface area contributed by atoms with Crippen LogP contribution in [0.3, 0.4) is 0 Å². The van der Waals surface area contributed by atoms with Crippen LogP contribution in [0.4, 0.5) is 10.1 Å². The van der Waals surface area contributed by atoms with Crippen molar-refractivity contribution in [2.75, 3.05) is 5.32 Å². The molecule has 0 aliphatic rings. The zero-order chi connectivity index (χ0) is 13.2. The predicted molar refractivity (Wildman–Crippen MR) is 77.6 cm³/mol. The van der Waals surface area contributed by atoms with E-state index in [0.29, 0.717) is 12.2 Å². The Morgan fingerprint density at radius 3 is 2.89 bits per heavy atom. The molecule has 0 amide bonds. The number of para-hydroxylation sites is 1. The van der Waals surface area contributed by atoms with Gasteiger partial charge in [0.05, 0.1) is 12.0 Å². The molecule has 0 fully saturated rings. The fourth-order valence-corrected chi connectivity index (χ4v) is 2.35. The number of halogens is 2. The number of anilines is 1. The average Bonchev–Trinajstić information content (AvgIpc) is 2.83. The second-order valence-electron chi connectivity index (χ2n) is 4.23. The van der Waals surface area contributed by atoms with Gasteiger partial charge in [-0.05, 0) is 24.3 Å². The molecule has 0 aliphatic heterocycles. The number of fused-ring (bicyclic) bond motifs is 1. The van der Waals surface area contributed by atoms with Gasteiger partial charge in [0.15, 0.2) is 0 Å². The Kier molecular flexibility index (Phi) is 3.25. The lowest BCUT2D eigenvalue weighted by atomic mass is 10.2. The Hall–Kier alpha value is -1.81. The van der Waals surface area contributed by atoms with Crippen molar-refractivity contribution in [3.63, 3.8) is 0 Å². The maximum absolute atomic E-state index is 13.6. The molecule has 2 nitrogen and oxygen atoms in total. The normalized spacial score (nSPS) is 10.8. The standard InChI is InChI=1S/C15H11BrFNO/c16-11-5-6-13(17)14(7-11)18-8-10-9-19-15-4-2-1-3-12(10)15/h1-7,9,18H,8H2. The summed E-state index contributed by atoms with van der Waals surface area (Å²) in [6, 6.07) is 12.6. The van der Waals surface area contributed by atoms with E-state index in [1.807, 2.05) is 24.3 Å². The fourth-order valence-electron chi connectivity index (χ4n) is 1.99.